The average Bonchev–Trinajstić information content (AvgIpc) is 2.79. The van der Waals surface area contributed by atoms with E-state index in [2.05, 4.69) is 10.3 Å². The standard InChI is InChI=1S/C14H18N2O2S/c1-9-12(8-15-2)19-14(16-9)10-6-5-7-11(17-3)13(10)18-4/h5-7,15H,8H2,1-4H3. The molecule has 1 N–H and O–H groups in total. The van der Waals surface area contributed by atoms with Crippen molar-refractivity contribution in [2.75, 3.05) is 21.3 Å². The lowest BCUT2D eigenvalue weighted by Gasteiger charge is -2.10. The van der Waals surface area contributed by atoms with E-state index < -0.39 is 0 Å². The first kappa shape index (κ1) is 13.8. The van der Waals surface area contributed by atoms with Crippen molar-refractivity contribution in [3.05, 3.63) is 28.8 Å². The molecule has 1 aromatic heterocycles. The van der Waals surface area contributed by atoms with Crippen LogP contribution in [0.15, 0.2) is 18.2 Å². The Morgan fingerprint density at radius 3 is 2.68 bits per heavy atom. The number of nitrogens with zero attached hydrogens (tertiary/aromatic N) is 1. The van der Waals surface area contributed by atoms with Crippen LogP contribution in [0, 0.1) is 6.92 Å². The summed E-state index contributed by atoms with van der Waals surface area (Å²) in [7, 11) is 5.22. The molecular formula is C14H18N2O2S. The van der Waals surface area contributed by atoms with E-state index in [4.69, 9.17) is 9.47 Å². The fraction of sp³-hybridized carbons (Fsp3) is 0.357. The van der Waals surface area contributed by atoms with E-state index in [0.717, 1.165) is 34.3 Å². The van der Waals surface area contributed by atoms with Crippen molar-refractivity contribution >= 4 is 11.3 Å². The molecule has 0 amide bonds. The fourth-order valence-electron chi connectivity index (χ4n) is 1.92. The second-order valence-electron chi connectivity index (χ2n) is 4.10. The minimum atomic E-state index is 0.725. The van der Waals surface area contributed by atoms with Crippen molar-refractivity contribution in [1.29, 1.82) is 0 Å². The molecule has 0 bridgehead atoms. The van der Waals surface area contributed by atoms with Gasteiger partial charge in [0.05, 0.1) is 25.5 Å². The molecule has 0 aliphatic carbocycles. The normalized spacial score (nSPS) is 10.5. The highest BCUT2D eigenvalue weighted by atomic mass is 32.1. The smallest absolute Gasteiger partial charge is 0.170 e. The molecule has 19 heavy (non-hydrogen) atoms. The fourth-order valence-corrected chi connectivity index (χ4v) is 3.02. The molecule has 0 radical (unpaired) electrons. The van der Waals surface area contributed by atoms with Gasteiger partial charge in [-0.25, -0.2) is 4.98 Å². The van der Waals surface area contributed by atoms with Gasteiger partial charge in [-0.2, -0.15) is 0 Å². The van der Waals surface area contributed by atoms with Crippen LogP contribution in [0.1, 0.15) is 10.6 Å². The lowest BCUT2D eigenvalue weighted by Crippen LogP contribution is -2.04. The molecule has 1 heterocycles. The summed E-state index contributed by atoms with van der Waals surface area (Å²) in [6, 6.07) is 5.84. The molecule has 0 fully saturated rings. The lowest BCUT2D eigenvalue weighted by atomic mass is 10.2. The number of benzene rings is 1. The van der Waals surface area contributed by atoms with Crippen LogP contribution in [0.2, 0.25) is 0 Å². The predicted octanol–water partition coefficient (Wildman–Crippen LogP) is 2.86. The van der Waals surface area contributed by atoms with Gasteiger partial charge in [0.1, 0.15) is 5.01 Å². The number of rotatable bonds is 5. The van der Waals surface area contributed by atoms with Gasteiger partial charge >= 0.3 is 0 Å². The van der Waals surface area contributed by atoms with Gasteiger partial charge in [-0.1, -0.05) is 6.07 Å². The first-order valence-electron chi connectivity index (χ1n) is 6.03. The van der Waals surface area contributed by atoms with Gasteiger partial charge in [0.2, 0.25) is 0 Å². The van der Waals surface area contributed by atoms with Gasteiger partial charge in [0.15, 0.2) is 11.5 Å². The Labute approximate surface area is 117 Å². The second kappa shape index (κ2) is 6.04. The zero-order valence-corrected chi connectivity index (χ0v) is 12.4. The molecule has 0 aliphatic rings. The van der Waals surface area contributed by atoms with Crippen LogP contribution >= 0.6 is 11.3 Å². The maximum absolute atomic E-state index is 5.46. The molecule has 0 spiro atoms. The number of methoxy groups -OCH3 is 2. The number of hydrogen-bond donors (Lipinski definition) is 1. The highest BCUT2D eigenvalue weighted by molar-refractivity contribution is 7.15. The quantitative estimate of drug-likeness (QED) is 0.913. The van der Waals surface area contributed by atoms with Crippen LogP contribution in [0.5, 0.6) is 11.5 Å². The monoisotopic (exact) mass is 278 g/mol. The number of aryl methyl sites for hydroxylation is 1. The third-order valence-electron chi connectivity index (χ3n) is 2.86. The topological polar surface area (TPSA) is 43.4 Å². The molecule has 0 saturated heterocycles. The number of thiazole rings is 1. The van der Waals surface area contributed by atoms with Crippen LogP contribution in [-0.2, 0) is 6.54 Å². The van der Waals surface area contributed by atoms with E-state index >= 15 is 0 Å². The highest BCUT2D eigenvalue weighted by Crippen LogP contribution is 2.40. The van der Waals surface area contributed by atoms with Crippen LogP contribution in [-0.4, -0.2) is 26.3 Å². The van der Waals surface area contributed by atoms with Crippen molar-refractivity contribution in [3.63, 3.8) is 0 Å². The zero-order chi connectivity index (χ0) is 13.8. The number of hydrogen-bond acceptors (Lipinski definition) is 5. The van der Waals surface area contributed by atoms with Crippen molar-refractivity contribution in [1.82, 2.24) is 10.3 Å². The Kier molecular flexibility index (Phi) is 4.39. The number of ether oxygens (including phenoxy) is 2. The first-order valence-corrected chi connectivity index (χ1v) is 6.85. The Hall–Kier alpha value is -1.59. The van der Waals surface area contributed by atoms with Gasteiger partial charge < -0.3 is 14.8 Å². The van der Waals surface area contributed by atoms with E-state index in [-0.39, 0.29) is 0 Å². The molecule has 0 saturated carbocycles. The second-order valence-corrected chi connectivity index (χ2v) is 5.18. The highest BCUT2D eigenvalue weighted by Gasteiger charge is 2.16. The average molecular weight is 278 g/mol. The SMILES string of the molecule is CNCc1sc(-c2cccc(OC)c2OC)nc1C. The van der Waals surface area contributed by atoms with Crippen LogP contribution in [0.4, 0.5) is 0 Å². The minimum absolute atomic E-state index is 0.725. The van der Waals surface area contributed by atoms with Crippen LogP contribution in [0.25, 0.3) is 10.6 Å². The summed E-state index contributed by atoms with van der Waals surface area (Å²) in [4.78, 5) is 5.86. The van der Waals surface area contributed by atoms with E-state index in [1.54, 1.807) is 25.6 Å². The molecule has 1 aromatic carbocycles. The third-order valence-corrected chi connectivity index (χ3v) is 4.05. The maximum Gasteiger partial charge on any atom is 0.170 e. The minimum Gasteiger partial charge on any atom is -0.493 e. The number of para-hydroxylation sites is 1. The lowest BCUT2D eigenvalue weighted by molar-refractivity contribution is 0.356. The van der Waals surface area contributed by atoms with Gasteiger partial charge in [-0.05, 0) is 26.1 Å². The van der Waals surface area contributed by atoms with Gasteiger partial charge in [-0.3, -0.25) is 0 Å². The van der Waals surface area contributed by atoms with Crippen LogP contribution < -0.4 is 14.8 Å². The molecule has 102 valence electrons. The van der Waals surface area contributed by atoms with E-state index in [1.807, 2.05) is 32.2 Å². The maximum atomic E-state index is 5.46. The summed E-state index contributed by atoms with van der Waals surface area (Å²) in [5, 5.41) is 4.11. The number of nitrogens with one attached hydrogen (secondary N) is 1. The molecule has 0 atom stereocenters. The van der Waals surface area contributed by atoms with Crippen molar-refractivity contribution in [2.24, 2.45) is 0 Å². The van der Waals surface area contributed by atoms with Crippen molar-refractivity contribution < 1.29 is 9.47 Å². The summed E-state index contributed by atoms with van der Waals surface area (Å²) < 4.78 is 10.8. The predicted molar refractivity (Wildman–Crippen MR) is 78.2 cm³/mol. The third kappa shape index (κ3) is 2.72. The molecule has 2 rings (SSSR count). The molecule has 4 nitrogen and oxygen atoms in total. The van der Waals surface area contributed by atoms with Gasteiger partial charge in [-0.15, -0.1) is 11.3 Å². The van der Waals surface area contributed by atoms with E-state index in [9.17, 15) is 0 Å². The largest absolute Gasteiger partial charge is 0.493 e. The molecular weight excluding hydrogens is 260 g/mol. The Morgan fingerprint density at radius 1 is 1.26 bits per heavy atom. The van der Waals surface area contributed by atoms with Crippen LogP contribution in [0.3, 0.4) is 0 Å². The van der Waals surface area contributed by atoms with Crippen molar-refractivity contribution in [2.45, 2.75) is 13.5 Å². The first-order chi connectivity index (χ1) is 9.21. The number of aromatic nitrogens is 1. The van der Waals surface area contributed by atoms with Crippen molar-refractivity contribution in [3.8, 4) is 22.1 Å². The summed E-state index contributed by atoms with van der Waals surface area (Å²) in [6.07, 6.45) is 0. The molecule has 0 unspecified atom stereocenters. The van der Waals surface area contributed by atoms with E-state index in [1.165, 1.54) is 4.88 Å². The zero-order valence-electron chi connectivity index (χ0n) is 11.6. The Morgan fingerprint density at radius 2 is 2.05 bits per heavy atom. The van der Waals surface area contributed by atoms with E-state index in [0.29, 0.717) is 0 Å². The Balaban J connectivity index is 2.49. The van der Waals surface area contributed by atoms with Gasteiger partial charge in [0.25, 0.3) is 0 Å². The Bertz CT molecular complexity index is 567. The summed E-state index contributed by atoms with van der Waals surface area (Å²) in [5.41, 5.74) is 2.02. The van der Waals surface area contributed by atoms with Gasteiger partial charge in [0, 0.05) is 11.4 Å². The summed E-state index contributed by atoms with van der Waals surface area (Å²) in [6.45, 7) is 2.86. The molecule has 5 heteroatoms. The molecule has 0 aliphatic heterocycles. The summed E-state index contributed by atoms with van der Waals surface area (Å²) in [5.74, 6) is 1.46. The summed E-state index contributed by atoms with van der Waals surface area (Å²) >= 11 is 1.68. The molecule has 2 aromatic rings.